The molecule has 0 fully saturated rings. The molecule has 4 rings (SSSR count). The van der Waals surface area contributed by atoms with Crippen molar-refractivity contribution in [3.05, 3.63) is 51.6 Å². The number of phenols is 2. The summed E-state index contributed by atoms with van der Waals surface area (Å²) < 4.78 is 5.22. The molecule has 0 amide bonds. The van der Waals surface area contributed by atoms with Crippen molar-refractivity contribution in [2.45, 2.75) is 38.4 Å². The minimum atomic E-state index is -0.997. The predicted octanol–water partition coefficient (Wildman–Crippen LogP) is 1.73. The molecule has 4 N–H and O–H groups in total. The highest BCUT2D eigenvalue weighted by atomic mass is 16.5. The summed E-state index contributed by atoms with van der Waals surface area (Å²) >= 11 is 0. The third kappa shape index (κ3) is 2.73. The second kappa shape index (κ2) is 6.86. The lowest BCUT2D eigenvalue weighted by Crippen LogP contribution is -2.35. The van der Waals surface area contributed by atoms with E-state index in [0.717, 1.165) is 0 Å². The van der Waals surface area contributed by atoms with E-state index in [0.29, 0.717) is 24.0 Å². The minimum absolute atomic E-state index is 0.0698. The summed E-state index contributed by atoms with van der Waals surface area (Å²) in [6, 6.07) is 4.63. The lowest BCUT2D eigenvalue weighted by Gasteiger charge is -2.32. The number of carbonyl (C=O) groups is 2. The monoisotopic (exact) mass is 398 g/mol. The van der Waals surface area contributed by atoms with E-state index in [9.17, 15) is 30.0 Å². The topological polar surface area (TPSA) is 124 Å². The van der Waals surface area contributed by atoms with Crippen LogP contribution in [0.25, 0.3) is 0 Å². The number of rotatable bonds is 3. The van der Waals surface area contributed by atoms with Gasteiger partial charge in [-0.2, -0.15) is 0 Å². The number of methoxy groups -OCH3 is 1. The molecule has 0 aliphatic heterocycles. The van der Waals surface area contributed by atoms with E-state index in [2.05, 4.69) is 0 Å². The number of aromatic hydroxyl groups is 2. The molecule has 2 aromatic carbocycles. The van der Waals surface area contributed by atoms with Crippen molar-refractivity contribution in [1.82, 2.24) is 0 Å². The van der Waals surface area contributed by atoms with E-state index in [-0.39, 0.29) is 51.8 Å². The maximum Gasteiger partial charge on any atom is 0.202 e. The summed E-state index contributed by atoms with van der Waals surface area (Å²) in [7, 11) is 1.39. The molecule has 29 heavy (non-hydrogen) atoms. The number of fused-ring (bicyclic) bond motifs is 3. The first-order chi connectivity index (χ1) is 13.8. The van der Waals surface area contributed by atoms with E-state index in [1.807, 2.05) is 0 Å². The highest BCUT2D eigenvalue weighted by molar-refractivity contribution is 6.31. The molecule has 0 spiro atoms. The zero-order chi connectivity index (χ0) is 21.0. The van der Waals surface area contributed by atoms with Gasteiger partial charge in [-0.25, -0.2) is 0 Å². The molecule has 0 saturated heterocycles. The van der Waals surface area contributed by atoms with Gasteiger partial charge in [-0.05, 0) is 38.2 Å². The number of hydrogen-bond acceptors (Lipinski definition) is 7. The zero-order valence-corrected chi connectivity index (χ0v) is 16.1. The summed E-state index contributed by atoms with van der Waals surface area (Å²) in [5.41, 5.74) is 0.477. The molecule has 3 unspecified atom stereocenters. The third-order valence-corrected chi connectivity index (χ3v) is 6.04. The van der Waals surface area contributed by atoms with Gasteiger partial charge < -0.3 is 25.2 Å². The maximum absolute atomic E-state index is 13.2. The van der Waals surface area contributed by atoms with Gasteiger partial charge in [-0.15, -0.1) is 0 Å². The van der Waals surface area contributed by atoms with Crippen molar-refractivity contribution in [3.8, 4) is 17.2 Å². The molecule has 152 valence electrons. The van der Waals surface area contributed by atoms with E-state index in [1.165, 1.54) is 20.1 Å². The Bertz CT molecular complexity index is 1040. The molecule has 2 aromatic rings. The van der Waals surface area contributed by atoms with Gasteiger partial charge >= 0.3 is 0 Å². The second-order valence-corrected chi connectivity index (χ2v) is 7.68. The third-order valence-electron chi connectivity index (χ3n) is 6.04. The van der Waals surface area contributed by atoms with Crippen LogP contribution < -0.4 is 4.74 Å². The highest BCUT2D eigenvalue weighted by Gasteiger charge is 2.41. The first-order valence-corrected chi connectivity index (χ1v) is 9.50. The van der Waals surface area contributed by atoms with Crippen LogP contribution in [-0.2, 0) is 12.8 Å². The molecule has 0 saturated carbocycles. The molecule has 0 aromatic heterocycles. The fourth-order valence-electron chi connectivity index (χ4n) is 4.52. The normalized spacial score (nSPS) is 19.8. The van der Waals surface area contributed by atoms with Crippen LogP contribution in [0.15, 0.2) is 18.2 Å². The Labute approximate surface area is 167 Å². The summed E-state index contributed by atoms with van der Waals surface area (Å²) in [5.74, 6) is -1.92. The van der Waals surface area contributed by atoms with Crippen LogP contribution in [0, 0.1) is 5.92 Å². The van der Waals surface area contributed by atoms with Crippen LogP contribution in [-0.4, -0.2) is 51.3 Å². The van der Waals surface area contributed by atoms with Crippen molar-refractivity contribution in [1.29, 1.82) is 0 Å². The molecular weight excluding hydrogens is 376 g/mol. The fourth-order valence-corrected chi connectivity index (χ4v) is 4.52. The predicted molar refractivity (Wildman–Crippen MR) is 103 cm³/mol. The summed E-state index contributed by atoms with van der Waals surface area (Å²) in [6.07, 6.45) is -0.995. The van der Waals surface area contributed by atoms with Gasteiger partial charge in [-0.1, -0.05) is 12.1 Å². The Hall–Kier alpha value is -2.90. The Morgan fingerprint density at radius 3 is 2.31 bits per heavy atom. The quantitative estimate of drug-likeness (QED) is 0.495. The summed E-state index contributed by atoms with van der Waals surface area (Å²) in [6.45, 7) is 1.48. The van der Waals surface area contributed by atoms with Gasteiger partial charge in [-0.3, -0.25) is 9.59 Å². The van der Waals surface area contributed by atoms with Crippen LogP contribution in [0.5, 0.6) is 17.2 Å². The van der Waals surface area contributed by atoms with Gasteiger partial charge in [0.2, 0.25) is 5.78 Å². The highest BCUT2D eigenvalue weighted by Crippen LogP contribution is 2.47. The van der Waals surface area contributed by atoms with Crippen molar-refractivity contribution in [2.24, 2.45) is 5.92 Å². The molecule has 0 radical (unpaired) electrons. The first-order valence-electron chi connectivity index (χ1n) is 9.50. The SMILES string of the molecule is COc1cccc2c1C(=O)c1c(O)c3c(c(O)c1C2=O)CC(C(O)C(C)O)CC3. The largest absolute Gasteiger partial charge is 0.507 e. The van der Waals surface area contributed by atoms with Crippen molar-refractivity contribution >= 4 is 11.6 Å². The first kappa shape index (κ1) is 19.4. The lowest BCUT2D eigenvalue weighted by atomic mass is 9.74. The summed E-state index contributed by atoms with van der Waals surface area (Å²) in [4.78, 5) is 26.3. The number of aliphatic hydroxyl groups is 2. The van der Waals surface area contributed by atoms with Gasteiger partial charge in [0.1, 0.15) is 17.2 Å². The molecule has 2 aliphatic rings. The second-order valence-electron chi connectivity index (χ2n) is 7.68. The molecule has 2 aliphatic carbocycles. The maximum atomic E-state index is 13.2. The molecular formula is C22H22O7. The van der Waals surface area contributed by atoms with Crippen LogP contribution >= 0.6 is 0 Å². The van der Waals surface area contributed by atoms with Crippen LogP contribution in [0.1, 0.15) is 56.3 Å². The average Bonchev–Trinajstić information content (AvgIpc) is 2.72. The average molecular weight is 398 g/mol. The van der Waals surface area contributed by atoms with Crippen LogP contribution in [0.3, 0.4) is 0 Å². The van der Waals surface area contributed by atoms with Gasteiger partial charge in [0.05, 0.1) is 36.0 Å². The molecule has 7 nitrogen and oxygen atoms in total. The van der Waals surface area contributed by atoms with Crippen LogP contribution in [0.2, 0.25) is 0 Å². The van der Waals surface area contributed by atoms with E-state index >= 15 is 0 Å². The van der Waals surface area contributed by atoms with E-state index in [1.54, 1.807) is 12.1 Å². The van der Waals surface area contributed by atoms with Crippen molar-refractivity contribution in [2.75, 3.05) is 7.11 Å². The minimum Gasteiger partial charge on any atom is -0.507 e. The van der Waals surface area contributed by atoms with Crippen molar-refractivity contribution < 1.29 is 34.8 Å². The van der Waals surface area contributed by atoms with Gasteiger partial charge in [0, 0.05) is 16.7 Å². The molecule has 3 atom stereocenters. The Balaban J connectivity index is 1.91. The Morgan fingerprint density at radius 1 is 1.00 bits per heavy atom. The van der Waals surface area contributed by atoms with Gasteiger partial charge in [0.15, 0.2) is 5.78 Å². The molecule has 7 heteroatoms. The number of aliphatic hydroxyl groups excluding tert-OH is 2. The Morgan fingerprint density at radius 2 is 1.66 bits per heavy atom. The number of benzene rings is 2. The zero-order valence-electron chi connectivity index (χ0n) is 16.1. The number of hydrogen-bond donors (Lipinski definition) is 4. The van der Waals surface area contributed by atoms with E-state index in [4.69, 9.17) is 4.74 Å². The molecule has 0 heterocycles. The fraction of sp³-hybridized carbons (Fsp3) is 0.364. The van der Waals surface area contributed by atoms with Crippen molar-refractivity contribution in [3.63, 3.8) is 0 Å². The number of ketones is 2. The number of ether oxygens (including phenoxy) is 1. The smallest absolute Gasteiger partial charge is 0.202 e. The lowest BCUT2D eigenvalue weighted by molar-refractivity contribution is -0.0112. The number of carbonyl (C=O) groups excluding carboxylic acids is 2. The molecule has 0 bridgehead atoms. The number of phenolic OH excluding ortho intramolecular Hbond substituents is 2. The van der Waals surface area contributed by atoms with Gasteiger partial charge in [0.25, 0.3) is 0 Å². The standard InChI is InChI=1S/C22H22O7/c1-9(23)18(24)10-6-7-11-13(8-10)21(27)16-17(19(11)25)22(28)15-12(20(16)26)4-3-5-14(15)29-2/h3-5,9-10,18,23-25,27H,6-8H2,1-2H3. The van der Waals surface area contributed by atoms with Crippen LogP contribution in [0.4, 0.5) is 0 Å². The summed E-state index contributed by atoms with van der Waals surface area (Å²) in [5, 5.41) is 41.7. The Kier molecular flexibility index (Phi) is 4.59. The van der Waals surface area contributed by atoms with E-state index < -0.39 is 23.8 Å².